The van der Waals surface area contributed by atoms with Gasteiger partial charge < -0.3 is 10.1 Å². The van der Waals surface area contributed by atoms with Crippen LogP contribution in [0.1, 0.15) is 50.4 Å². The van der Waals surface area contributed by atoms with Crippen LogP contribution in [0.4, 0.5) is 9.39 Å². The topological polar surface area (TPSA) is 55.4 Å². The first-order valence-electron chi connectivity index (χ1n) is 7.90. The largest absolute Gasteiger partial charge is 0.465 e. The predicted octanol–water partition coefficient (Wildman–Crippen LogP) is 4.20. The number of fused-ring (bicyclic) bond motifs is 1. The molecule has 0 saturated heterocycles. The molecule has 1 aromatic heterocycles. The summed E-state index contributed by atoms with van der Waals surface area (Å²) in [5.74, 6) is -1.19. The van der Waals surface area contributed by atoms with Crippen molar-refractivity contribution >= 4 is 28.2 Å². The number of hydrogen-bond acceptors (Lipinski definition) is 4. The predicted molar refractivity (Wildman–Crippen MR) is 91.3 cm³/mol. The standard InChI is InChI=1S/C18H18FNO3S/c1-23-18(22)15-13-5-3-2-4-6-14(13)24-17(15)20-16(21)11-7-9-12(19)10-8-11/h7-10H,2-6H2,1H3,(H,20,21). The van der Waals surface area contributed by atoms with Gasteiger partial charge in [0.05, 0.1) is 12.7 Å². The Bertz CT molecular complexity index is 767. The normalized spacial score (nSPS) is 13.8. The van der Waals surface area contributed by atoms with Gasteiger partial charge in [0.1, 0.15) is 10.8 Å². The highest BCUT2D eigenvalue weighted by Gasteiger charge is 2.26. The number of thiophene rings is 1. The van der Waals surface area contributed by atoms with Crippen LogP contribution in [0.15, 0.2) is 24.3 Å². The number of rotatable bonds is 3. The fraction of sp³-hybridized carbons (Fsp3) is 0.333. The number of ether oxygens (including phenoxy) is 1. The fourth-order valence-electron chi connectivity index (χ4n) is 2.93. The Morgan fingerprint density at radius 2 is 1.83 bits per heavy atom. The van der Waals surface area contributed by atoms with Crippen molar-refractivity contribution in [2.45, 2.75) is 32.1 Å². The third-order valence-corrected chi connectivity index (χ3v) is 5.35. The molecule has 6 heteroatoms. The van der Waals surface area contributed by atoms with Gasteiger partial charge in [-0.15, -0.1) is 11.3 Å². The van der Waals surface area contributed by atoms with E-state index >= 15 is 0 Å². The van der Waals surface area contributed by atoms with E-state index in [-0.39, 0.29) is 5.91 Å². The van der Waals surface area contributed by atoms with Crippen LogP contribution >= 0.6 is 11.3 Å². The number of benzene rings is 1. The molecule has 1 heterocycles. The maximum Gasteiger partial charge on any atom is 0.341 e. The summed E-state index contributed by atoms with van der Waals surface area (Å²) in [4.78, 5) is 25.8. The molecule has 0 bridgehead atoms. The minimum absolute atomic E-state index is 0.343. The third-order valence-electron chi connectivity index (χ3n) is 4.14. The Hall–Kier alpha value is -2.21. The third kappa shape index (κ3) is 3.33. The zero-order chi connectivity index (χ0) is 17.1. The van der Waals surface area contributed by atoms with Crippen LogP contribution < -0.4 is 5.32 Å². The first-order valence-corrected chi connectivity index (χ1v) is 8.71. The van der Waals surface area contributed by atoms with Crippen LogP contribution in [0, 0.1) is 5.82 Å². The monoisotopic (exact) mass is 347 g/mol. The number of halogens is 1. The van der Waals surface area contributed by atoms with Crippen LogP contribution in [0.2, 0.25) is 0 Å². The lowest BCUT2D eigenvalue weighted by Crippen LogP contribution is -2.14. The Morgan fingerprint density at radius 1 is 1.12 bits per heavy atom. The van der Waals surface area contributed by atoms with Crippen molar-refractivity contribution in [3.63, 3.8) is 0 Å². The van der Waals surface area contributed by atoms with E-state index in [9.17, 15) is 14.0 Å². The lowest BCUT2D eigenvalue weighted by molar-refractivity contribution is 0.0601. The van der Waals surface area contributed by atoms with Crippen molar-refractivity contribution in [2.24, 2.45) is 0 Å². The van der Waals surface area contributed by atoms with Gasteiger partial charge in [-0.2, -0.15) is 0 Å². The lowest BCUT2D eigenvalue weighted by Gasteiger charge is -2.07. The van der Waals surface area contributed by atoms with Gasteiger partial charge in [-0.05, 0) is 55.5 Å². The first kappa shape index (κ1) is 16.6. The molecule has 3 rings (SSSR count). The molecule has 1 N–H and O–H groups in total. The first-order chi connectivity index (χ1) is 11.6. The molecule has 0 aliphatic heterocycles. The molecule has 126 valence electrons. The molecule has 2 aromatic rings. The van der Waals surface area contributed by atoms with Crippen molar-refractivity contribution in [3.8, 4) is 0 Å². The minimum atomic E-state index is -0.427. The van der Waals surface area contributed by atoms with Gasteiger partial charge in [0.15, 0.2) is 0 Å². The average molecular weight is 347 g/mol. The number of anilines is 1. The highest BCUT2D eigenvalue weighted by molar-refractivity contribution is 7.17. The number of carbonyl (C=O) groups excluding carboxylic acids is 2. The van der Waals surface area contributed by atoms with E-state index in [1.807, 2.05) is 0 Å². The molecule has 0 fully saturated rings. The van der Waals surface area contributed by atoms with Crippen molar-refractivity contribution in [2.75, 3.05) is 12.4 Å². The van der Waals surface area contributed by atoms with Gasteiger partial charge in [-0.25, -0.2) is 9.18 Å². The number of esters is 1. The quantitative estimate of drug-likeness (QED) is 0.669. The Kier molecular flexibility index (Phi) is 4.94. The zero-order valence-electron chi connectivity index (χ0n) is 13.4. The van der Waals surface area contributed by atoms with Gasteiger partial charge in [-0.3, -0.25) is 4.79 Å². The van der Waals surface area contributed by atoms with Crippen molar-refractivity contribution in [1.82, 2.24) is 0 Å². The van der Waals surface area contributed by atoms with E-state index in [2.05, 4.69) is 5.32 Å². The summed E-state index contributed by atoms with van der Waals surface area (Å²) in [6.45, 7) is 0. The van der Waals surface area contributed by atoms with Gasteiger partial charge in [0, 0.05) is 10.4 Å². The number of carbonyl (C=O) groups is 2. The Morgan fingerprint density at radius 3 is 2.54 bits per heavy atom. The molecule has 0 atom stereocenters. The van der Waals surface area contributed by atoms with Gasteiger partial charge in [-0.1, -0.05) is 6.42 Å². The summed E-state index contributed by atoms with van der Waals surface area (Å²) in [6.07, 6.45) is 4.98. The minimum Gasteiger partial charge on any atom is -0.465 e. The van der Waals surface area contributed by atoms with Crippen molar-refractivity contribution in [1.29, 1.82) is 0 Å². The Labute approximate surface area is 143 Å². The highest BCUT2D eigenvalue weighted by atomic mass is 32.1. The van der Waals surface area contributed by atoms with E-state index in [1.165, 1.54) is 42.7 Å². The number of hydrogen-bond donors (Lipinski definition) is 1. The van der Waals surface area contributed by atoms with E-state index in [0.29, 0.717) is 16.1 Å². The smallest absolute Gasteiger partial charge is 0.341 e. The maximum absolute atomic E-state index is 13.0. The van der Waals surface area contributed by atoms with E-state index in [4.69, 9.17) is 4.74 Å². The molecule has 1 aromatic carbocycles. The second-order valence-electron chi connectivity index (χ2n) is 5.72. The van der Waals surface area contributed by atoms with Crippen LogP contribution in [0.25, 0.3) is 0 Å². The molecular weight excluding hydrogens is 329 g/mol. The molecule has 1 amide bonds. The second-order valence-corrected chi connectivity index (χ2v) is 6.83. The summed E-state index contributed by atoms with van der Waals surface area (Å²) >= 11 is 1.44. The molecule has 0 radical (unpaired) electrons. The van der Waals surface area contributed by atoms with Crippen molar-refractivity contribution in [3.05, 3.63) is 51.7 Å². The van der Waals surface area contributed by atoms with Crippen LogP contribution in [0.3, 0.4) is 0 Å². The average Bonchev–Trinajstić information content (AvgIpc) is 2.76. The number of aryl methyl sites for hydroxylation is 1. The van der Waals surface area contributed by atoms with E-state index in [1.54, 1.807) is 0 Å². The number of nitrogens with one attached hydrogen (secondary N) is 1. The van der Waals surface area contributed by atoms with E-state index < -0.39 is 11.8 Å². The highest BCUT2D eigenvalue weighted by Crippen LogP contribution is 2.38. The summed E-state index contributed by atoms with van der Waals surface area (Å²) in [7, 11) is 1.34. The summed E-state index contributed by atoms with van der Waals surface area (Å²) in [5, 5.41) is 3.31. The fourth-order valence-corrected chi connectivity index (χ4v) is 4.20. The Balaban J connectivity index is 1.93. The van der Waals surface area contributed by atoms with Crippen molar-refractivity contribution < 1.29 is 18.7 Å². The summed E-state index contributed by atoms with van der Waals surface area (Å²) in [6, 6.07) is 5.31. The SMILES string of the molecule is COC(=O)c1c(NC(=O)c2ccc(F)cc2)sc2c1CCCCC2. The van der Waals surface area contributed by atoms with E-state index in [0.717, 1.165) is 42.5 Å². The van der Waals surface area contributed by atoms with Gasteiger partial charge in [0.2, 0.25) is 0 Å². The molecule has 24 heavy (non-hydrogen) atoms. The lowest BCUT2D eigenvalue weighted by atomic mass is 10.1. The van der Waals surface area contributed by atoms with Crippen LogP contribution in [-0.2, 0) is 17.6 Å². The van der Waals surface area contributed by atoms with Gasteiger partial charge in [0.25, 0.3) is 5.91 Å². The summed E-state index contributed by atoms with van der Waals surface area (Å²) < 4.78 is 17.9. The van der Waals surface area contributed by atoms with Crippen LogP contribution in [-0.4, -0.2) is 19.0 Å². The second kappa shape index (κ2) is 7.13. The molecule has 1 aliphatic rings. The molecule has 4 nitrogen and oxygen atoms in total. The molecule has 0 spiro atoms. The molecule has 0 unspecified atom stereocenters. The summed E-state index contributed by atoms with van der Waals surface area (Å²) in [5.41, 5.74) is 1.81. The van der Waals surface area contributed by atoms with Crippen LogP contribution in [0.5, 0.6) is 0 Å². The maximum atomic E-state index is 13.0. The zero-order valence-corrected chi connectivity index (χ0v) is 14.2. The molecule has 1 aliphatic carbocycles. The number of amides is 1. The number of methoxy groups -OCH3 is 1. The molecular formula is C18H18FNO3S. The molecule has 0 saturated carbocycles. The van der Waals surface area contributed by atoms with Gasteiger partial charge >= 0.3 is 5.97 Å².